The number of carbonyl (C=O) groups excluding carboxylic acids is 1. The number of hydrogen-bond donors (Lipinski definition) is 0. The van der Waals surface area contributed by atoms with Crippen molar-refractivity contribution in [2.75, 3.05) is 43.4 Å². The zero-order valence-corrected chi connectivity index (χ0v) is 20.2. The molecule has 0 atom stereocenters. The predicted molar refractivity (Wildman–Crippen MR) is 126 cm³/mol. The van der Waals surface area contributed by atoms with Gasteiger partial charge >= 0.3 is 5.97 Å². The number of aromatic nitrogens is 2. The van der Waals surface area contributed by atoms with Crippen LogP contribution in [0.4, 0.5) is 5.82 Å². The molecule has 0 spiro atoms. The summed E-state index contributed by atoms with van der Waals surface area (Å²) < 4.78 is 30.6. The summed E-state index contributed by atoms with van der Waals surface area (Å²) in [6.45, 7) is 7.52. The lowest BCUT2D eigenvalue weighted by molar-refractivity contribution is -0.148. The number of esters is 1. The Bertz CT molecular complexity index is 1080. The van der Waals surface area contributed by atoms with Crippen molar-refractivity contribution in [3.8, 4) is 0 Å². The summed E-state index contributed by atoms with van der Waals surface area (Å²) >= 11 is 0. The summed E-state index contributed by atoms with van der Waals surface area (Å²) in [5.74, 6) is 1.59. The van der Waals surface area contributed by atoms with Gasteiger partial charge in [0.15, 0.2) is 9.84 Å². The first-order chi connectivity index (χ1) is 15.9. The molecule has 0 unspecified atom stereocenters. The largest absolute Gasteiger partial charge is 0.466 e. The molecule has 8 nitrogen and oxygen atoms in total. The first-order valence-corrected chi connectivity index (χ1v) is 13.3. The zero-order valence-electron chi connectivity index (χ0n) is 19.4. The van der Waals surface area contributed by atoms with Gasteiger partial charge in [-0.2, -0.15) is 0 Å². The Morgan fingerprint density at radius 3 is 2.55 bits per heavy atom. The van der Waals surface area contributed by atoms with Crippen molar-refractivity contribution in [2.24, 2.45) is 5.92 Å². The number of ether oxygens (including phenoxy) is 1. The molecule has 1 saturated heterocycles. The van der Waals surface area contributed by atoms with E-state index >= 15 is 0 Å². The fourth-order valence-corrected chi connectivity index (χ4v) is 5.91. The van der Waals surface area contributed by atoms with E-state index in [9.17, 15) is 13.2 Å². The van der Waals surface area contributed by atoms with Crippen LogP contribution in [0.2, 0.25) is 0 Å². The van der Waals surface area contributed by atoms with Gasteiger partial charge in [-0.3, -0.25) is 9.69 Å². The van der Waals surface area contributed by atoms with Gasteiger partial charge in [0, 0.05) is 44.7 Å². The number of rotatable bonds is 7. The van der Waals surface area contributed by atoms with Gasteiger partial charge in [0.1, 0.15) is 11.6 Å². The maximum absolute atomic E-state index is 12.7. The van der Waals surface area contributed by atoms with Crippen molar-refractivity contribution in [3.05, 3.63) is 47.4 Å². The molecule has 1 aromatic carbocycles. The third-order valence-electron chi connectivity index (χ3n) is 6.42. The first-order valence-electron chi connectivity index (χ1n) is 11.7. The molecule has 0 amide bonds. The van der Waals surface area contributed by atoms with Crippen molar-refractivity contribution >= 4 is 21.6 Å². The molecule has 1 fully saturated rings. The molecular formula is C24H32N4O4S. The summed E-state index contributed by atoms with van der Waals surface area (Å²) in [6, 6.07) is 8.62. The van der Waals surface area contributed by atoms with E-state index in [0.29, 0.717) is 24.6 Å². The van der Waals surface area contributed by atoms with Gasteiger partial charge in [-0.25, -0.2) is 18.4 Å². The van der Waals surface area contributed by atoms with E-state index < -0.39 is 9.84 Å². The highest BCUT2D eigenvalue weighted by Crippen LogP contribution is 2.30. The number of sulfone groups is 1. The molecule has 33 heavy (non-hydrogen) atoms. The Labute approximate surface area is 195 Å². The summed E-state index contributed by atoms with van der Waals surface area (Å²) in [6.07, 6.45) is 2.27. The fourth-order valence-electron chi connectivity index (χ4n) is 4.61. The highest BCUT2D eigenvalue weighted by molar-refractivity contribution is 7.91. The quantitative estimate of drug-likeness (QED) is 0.567. The third-order valence-corrected chi connectivity index (χ3v) is 8.13. The van der Waals surface area contributed by atoms with Crippen LogP contribution in [-0.2, 0) is 32.3 Å². The lowest BCUT2D eigenvalue weighted by Crippen LogP contribution is -2.40. The van der Waals surface area contributed by atoms with Crippen LogP contribution >= 0.6 is 0 Å². The Morgan fingerprint density at radius 2 is 1.85 bits per heavy atom. The van der Waals surface area contributed by atoms with Crippen LogP contribution in [0.5, 0.6) is 0 Å². The molecule has 1 aromatic heterocycles. The van der Waals surface area contributed by atoms with E-state index in [0.717, 1.165) is 61.8 Å². The van der Waals surface area contributed by atoms with E-state index in [4.69, 9.17) is 9.72 Å². The van der Waals surface area contributed by atoms with E-state index in [-0.39, 0.29) is 17.6 Å². The SMILES string of the molecule is CCOC(=O)C1CCN(c2nc(C)nc3c2CN(CCS(=O)(=O)c2ccccc2)CC3)CC1. The highest BCUT2D eigenvalue weighted by atomic mass is 32.2. The number of anilines is 1. The lowest BCUT2D eigenvalue weighted by atomic mass is 9.96. The highest BCUT2D eigenvalue weighted by Gasteiger charge is 2.30. The van der Waals surface area contributed by atoms with Crippen molar-refractivity contribution in [1.82, 2.24) is 14.9 Å². The number of nitrogens with zero attached hydrogens (tertiary/aromatic N) is 4. The Kier molecular flexibility index (Phi) is 7.29. The molecule has 2 aliphatic heterocycles. The van der Waals surface area contributed by atoms with Gasteiger partial charge in [-0.15, -0.1) is 0 Å². The Balaban J connectivity index is 1.45. The average Bonchev–Trinajstić information content (AvgIpc) is 2.83. The molecular weight excluding hydrogens is 440 g/mol. The van der Waals surface area contributed by atoms with Crippen molar-refractivity contribution in [2.45, 2.75) is 44.6 Å². The molecule has 178 valence electrons. The summed E-state index contributed by atoms with van der Waals surface area (Å²) in [5.41, 5.74) is 2.13. The van der Waals surface area contributed by atoms with Gasteiger partial charge in [0.25, 0.3) is 0 Å². The smallest absolute Gasteiger partial charge is 0.309 e. The summed E-state index contributed by atoms with van der Waals surface area (Å²) in [7, 11) is -3.32. The Morgan fingerprint density at radius 1 is 1.12 bits per heavy atom. The first kappa shape index (κ1) is 23.6. The predicted octanol–water partition coefficient (Wildman–Crippen LogP) is 2.40. The number of hydrogen-bond acceptors (Lipinski definition) is 8. The minimum absolute atomic E-state index is 0.0559. The van der Waals surface area contributed by atoms with E-state index in [1.165, 1.54) is 0 Å². The topological polar surface area (TPSA) is 92.7 Å². The van der Waals surface area contributed by atoms with Crippen LogP contribution < -0.4 is 4.90 Å². The molecule has 9 heteroatoms. The third kappa shape index (κ3) is 5.52. The second kappa shape index (κ2) is 10.2. The number of aryl methyl sites for hydroxylation is 1. The molecule has 0 radical (unpaired) electrons. The number of piperidine rings is 1. The van der Waals surface area contributed by atoms with E-state index in [2.05, 4.69) is 14.8 Å². The van der Waals surface area contributed by atoms with Crippen LogP contribution in [0.3, 0.4) is 0 Å². The van der Waals surface area contributed by atoms with Gasteiger partial charge in [0.05, 0.1) is 28.9 Å². The lowest BCUT2D eigenvalue weighted by Gasteiger charge is -2.36. The van der Waals surface area contributed by atoms with Crippen LogP contribution in [0.15, 0.2) is 35.2 Å². The van der Waals surface area contributed by atoms with Crippen molar-refractivity contribution in [3.63, 3.8) is 0 Å². The van der Waals surface area contributed by atoms with Crippen LogP contribution in [0.25, 0.3) is 0 Å². The molecule has 4 rings (SSSR count). The monoisotopic (exact) mass is 472 g/mol. The van der Waals surface area contributed by atoms with E-state index in [1.54, 1.807) is 24.3 Å². The average molecular weight is 473 g/mol. The zero-order chi connectivity index (χ0) is 23.4. The minimum Gasteiger partial charge on any atom is -0.466 e. The molecule has 0 N–H and O–H groups in total. The van der Waals surface area contributed by atoms with Gasteiger partial charge in [0.2, 0.25) is 0 Å². The van der Waals surface area contributed by atoms with Crippen LogP contribution in [0, 0.1) is 12.8 Å². The molecule has 2 aromatic rings. The second-order valence-electron chi connectivity index (χ2n) is 8.69. The number of benzene rings is 1. The summed E-state index contributed by atoms with van der Waals surface area (Å²) in [5, 5.41) is 0. The molecule has 0 aliphatic carbocycles. The van der Waals surface area contributed by atoms with Crippen LogP contribution in [-0.4, -0.2) is 67.8 Å². The second-order valence-corrected chi connectivity index (χ2v) is 10.8. The molecule has 0 bridgehead atoms. The van der Waals surface area contributed by atoms with E-state index in [1.807, 2.05) is 19.9 Å². The van der Waals surface area contributed by atoms with Gasteiger partial charge in [-0.05, 0) is 38.8 Å². The van der Waals surface area contributed by atoms with Gasteiger partial charge in [-0.1, -0.05) is 18.2 Å². The normalized spacial score (nSPS) is 17.6. The maximum atomic E-state index is 12.7. The van der Waals surface area contributed by atoms with Gasteiger partial charge < -0.3 is 9.64 Å². The molecule has 0 saturated carbocycles. The number of carbonyl (C=O) groups is 1. The van der Waals surface area contributed by atoms with Crippen molar-refractivity contribution in [1.29, 1.82) is 0 Å². The molecule has 2 aliphatic rings. The van der Waals surface area contributed by atoms with Crippen LogP contribution in [0.1, 0.15) is 36.8 Å². The summed E-state index contributed by atoms with van der Waals surface area (Å²) in [4.78, 5) is 26.3. The maximum Gasteiger partial charge on any atom is 0.309 e. The Hall–Kier alpha value is -2.52. The minimum atomic E-state index is -3.32. The fraction of sp³-hybridized carbons (Fsp3) is 0.542. The number of fused-ring (bicyclic) bond motifs is 1. The molecule has 3 heterocycles. The standard InChI is InChI=1S/C24H32N4O4S/c1-3-32-24(29)19-9-13-28(14-10-19)23-21-17-27(12-11-22(21)25-18(2)26-23)15-16-33(30,31)20-7-5-4-6-8-20/h4-8,19H,3,9-17H2,1-2H3. The van der Waals surface area contributed by atoms with Crippen molar-refractivity contribution < 1.29 is 17.9 Å².